The first-order valence-corrected chi connectivity index (χ1v) is 7.61. The van der Waals surface area contributed by atoms with Crippen molar-refractivity contribution in [2.45, 2.75) is 18.9 Å². The lowest BCUT2D eigenvalue weighted by molar-refractivity contribution is -0.384. The molecule has 0 spiro atoms. The second-order valence-corrected chi connectivity index (χ2v) is 5.48. The van der Waals surface area contributed by atoms with Gasteiger partial charge in [-0.3, -0.25) is 14.9 Å². The maximum Gasteiger partial charge on any atom is 0.270 e. The Hall–Kier alpha value is -3.03. The number of hydrogen-bond donors (Lipinski definition) is 0. The Balaban J connectivity index is 1.59. The molecule has 1 fully saturated rings. The number of nitro groups is 1. The van der Waals surface area contributed by atoms with E-state index in [-0.39, 0.29) is 17.7 Å². The van der Waals surface area contributed by atoms with E-state index in [0.717, 1.165) is 0 Å². The summed E-state index contributed by atoms with van der Waals surface area (Å²) in [7, 11) is 0. The Kier molecular flexibility index (Phi) is 4.64. The van der Waals surface area contributed by atoms with Crippen molar-refractivity contribution in [2.24, 2.45) is 0 Å². The van der Waals surface area contributed by atoms with E-state index in [1.54, 1.807) is 29.3 Å². The number of piperidine rings is 1. The molecule has 2 aromatic rings. The minimum atomic E-state index is -0.502. The third kappa shape index (κ3) is 3.65. The number of aromatic nitrogens is 2. The van der Waals surface area contributed by atoms with E-state index >= 15 is 0 Å². The van der Waals surface area contributed by atoms with Crippen molar-refractivity contribution in [1.29, 1.82) is 0 Å². The van der Waals surface area contributed by atoms with Crippen LogP contribution in [0.15, 0.2) is 42.6 Å². The number of rotatable bonds is 4. The number of amides is 1. The van der Waals surface area contributed by atoms with Crippen molar-refractivity contribution >= 4 is 11.6 Å². The van der Waals surface area contributed by atoms with Crippen molar-refractivity contribution in [3.05, 3.63) is 58.3 Å². The summed E-state index contributed by atoms with van der Waals surface area (Å²) in [5, 5.41) is 18.5. The second-order valence-electron chi connectivity index (χ2n) is 5.48. The van der Waals surface area contributed by atoms with Gasteiger partial charge in [-0.2, -0.15) is 5.10 Å². The number of nitrogens with zero attached hydrogens (tertiary/aromatic N) is 4. The molecule has 0 aliphatic carbocycles. The van der Waals surface area contributed by atoms with Crippen molar-refractivity contribution < 1.29 is 14.5 Å². The molecule has 0 radical (unpaired) electrons. The van der Waals surface area contributed by atoms with Gasteiger partial charge in [-0.25, -0.2) is 0 Å². The van der Waals surface area contributed by atoms with Gasteiger partial charge >= 0.3 is 0 Å². The van der Waals surface area contributed by atoms with Crippen LogP contribution < -0.4 is 4.74 Å². The highest BCUT2D eigenvalue weighted by atomic mass is 16.6. The average Bonchev–Trinajstić information content (AvgIpc) is 2.63. The van der Waals surface area contributed by atoms with Gasteiger partial charge in [0, 0.05) is 55.9 Å². The van der Waals surface area contributed by atoms with Crippen LogP contribution in [0, 0.1) is 10.1 Å². The highest BCUT2D eigenvalue weighted by molar-refractivity contribution is 5.94. The van der Waals surface area contributed by atoms with E-state index in [1.165, 1.54) is 18.2 Å². The summed E-state index contributed by atoms with van der Waals surface area (Å²) in [5.74, 6) is 0.276. The highest BCUT2D eigenvalue weighted by Crippen LogP contribution is 2.20. The summed E-state index contributed by atoms with van der Waals surface area (Å²) in [5.41, 5.74) is 0.249. The Bertz CT molecular complexity index is 730. The van der Waals surface area contributed by atoms with E-state index in [1.807, 2.05) is 0 Å². The molecule has 0 unspecified atom stereocenters. The van der Waals surface area contributed by atoms with Crippen LogP contribution >= 0.6 is 0 Å². The van der Waals surface area contributed by atoms with E-state index in [2.05, 4.69) is 10.2 Å². The molecule has 0 saturated carbocycles. The van der Waals surface area contributed by atoms with Crippen LogP contribution in [0.1, 0.15) is 23.2 Å². The molecule has 1 aliphatic heterocycles. The molecule has 0 atom stereocenters. The quantitative estimate of drug-likeness (QED) is 0.629. The Morgan fingerprint density at radius 3 is 2.71 bits per heavy atom. The largest absolute Gasteiger partial charge is 0.473 e. The molecule has 1 aromatic heterocycles. The molecular formula is C16H16N4O4. The van der Waals surface area contributed by atoms with Gasteiger partial charge in [0.2, 0.25) is 5.88 Å². The van der Waals surface area contributed by atoms with Crippen LogP contribution in [0.3, 0.4) is 0 Å². The molecule has 24 heavy (non-hydrogen) atoms. The van der Waals surface area contributed by atoms with Crippen molar-refractivity contribution in [3.8, 4) is 5.88 Å². The summed E-state index contributed by atoms with van der Waals surface area (Å²) in [4.78, 5) is 24.5. The van der Waals surface area contributed by atoms with Crippen molar-refractivity contribution in [1.82, 2.24) is 15.1 Å². The lowest BCUT2D eigenvalue weighted by Crippen LogP contribution is -2.41. The molecule has 1 aromatic carbocycles. The number of carbonyl (C=O) groups is 1. The fourth-order valence-electron chi connectivity index (χ4n) is 2.63. The number of carbonyl (C=O) groups excluding carboxylic acids is 1. The van der Waals surface area contributed by atoms with Crippen LogP contribution in [0.5, 0.6) is 5.88 Å². The summed E-state index contributed by atoms with van der Waals surface area (Å²) in [6.07, 6.45) is 2.91. The first-order chi connectivity index (χ1) is 11.6. The lowest BCUT2D eigenvalue weighted by Gasteiger charge is -2.31. The number of non-ortho nitro benzene ring substituents is 1. The molecule has 124 valence electrons. The molecule has 8 heteroatoms. The number of likely N-dealkylation sites (tertiary alicyclic amines) is 1. The van der Waals surface area contributed by atoms with Gasteiger partial charge in [0.05, 0.1) is 4.92 Å². The van der Waals surface area contributed by atoms with E-state index in [4.69, 9.17) is 4.74 Å². The normalized spacial score (nSPS) is 15.1. The number of benzene rings is 1. The maximum absolute atomic E-state index is 12.5. The molecule has 0 bridgehead atoms. The van der Waals surface area contributed by atoms with Crippen LogP contribution in [-0.2, 0) is 0 Å². The van der Waals surface area contributed by atoms with E-state index in [9.17, 15) is 14.9 Å². The SMILES string of the molecule is O=C(c1cccc([N+](=O)[O-])c1)N1CCC(Oc2cccnn2)CC1. The first kappa shape index (κ1) is 15.9. The summed E-state index contributed by atoms with van der Waals surface area (Å²) in [6, 6.07) is 9.30. The van der Waals surface area contributed by atoms with Gasteiger partial charge in [-0.1, -0.05) is 6.07 Å². The van der Waals surface area contributed by atoms with Crippen molar-refractivity contribution in [2.75, 3.05) is 13.1 Å². The standard InChI is InChI=1S/C16H16N4O4/c21-16(12-3-1-4-13(11-12)20(22)23)19-9-6-14(7-10-19)24-15-5-2-8-17-18-15/h1-5,8,11,14H,6-7,9-10H2. The van der Waals surface area contributed by atoms with Crippen LogP contribution in [-0.4, -0.2) is 45.1 Å². The monoisotopic (exact) mass is 328 g/mol. The molecule has 3 rings (SSSR count). The minimum absolute atomic E-state index is 0.0177. The van der Waals surface area contributed by atoms with Gasteiger partial charge in [0.1, 0.15) is 6.10 Å². The molecule has 1 saturated heterocycles. The van der Waals surface area contributed by atoms with Crippen LogP contribution in [0.4, 0.5) is 5.69 Å². The van der Waals surface area contributed by atoms with Crippen LogP contribution in [0.25, 0.3) is 0 Å². The smallest absolute Gasteiger partial charge is 0.270 e. The van der Waals surface area contributed by atoms with Gasteiger partial charge in [-0.05, 0) is 12.1 Å². The van der Waals surface area contributed by atoms with Gasteiger partial charge in [0.25, 0.3) is 11.6 Å². The fraction of sp³-hybridized carbons (Fsp3) is 0.312. The first-order valence-electron chi connectivity index (χ1n) is 7.61. The molecule has 1 aliphatic rings. The summed E-state index contributed by atoms with van der Waals surface area (Å²) < 4.78 is 5.74. The van der Waals surface area contributed by atoms with E-state index < -0.39 is 4.92 Å². The fourth-order valence-corrected chi connectivity index (χ4v) is 2.63. The van der Waals surface area contributed by atoms with Gasteiger partial charge < -0.3 is 9.64 Å². The molecular weight excluding hydrogens is 312 g/mol. The third-order valence-corrected chi connectivity index (χ3v) is 3.87. The minimum Gasteiger partial charge on any atom is -0.473 e. The maximum atomic E-state index is 12.5. The van der Waals surface area contributed by atoms with E-state index in [0.29, 0.717) is 37.4 Å². The topological polar surface area (TPSA) is 98.5 Å². The molecule has 0 N–H and O–H groups in total. The average molecular weight is 328 g/mol. The zero-order chi connectivity index (χ0) is 16.9. The Morgan fingerprint density at radius 1 is 1.25 bits per heavy atom. The zero-order valence-corrected chi connectivity index (χ0v) is 12.9. The highest BCUT2D eigenvalue weighted by Gasteiger charge is 2.25. The number of ether oxygens (including phenoxy) is 1. The predicted octanol–water partition coefficient (Wildman–Crippen LogP) is 2.07. The van der Waals surface area contributed by atoms with Gasteiger partial charge in [-0.15, -0.1) is 5.10 Å². The zero-order valence-electron chi connectivity index (χ0n) is 12.9. The molecule has 2 heterocycles. The van der Waals surface area contributed by atoms with Gasteiger partial charge in [0.15, 0.2) is 0 Å². The van der Waals surface area contributed by atoms with Crippen LogP contribution in [0.2, 0.25) is 0 Å². The summed E-state index contributed by atoms with van der Waals surface area (Å²) >= 11 is 0. The molecule has 1 amide bonds. The van der Waals surface area contributed by atoms with Crippen molar-refractivity contribution in [3.63, 3.8) is 0 Å². The Labute approximate surface area is 138 Å². The number of nitro benzene ring substituents is 1. The summed E-state index contributed by atoms with van der Waals surface area (Å²) in [6.45, 7) is 1.07. The Morgan fingerprint density at radius 2 is 2.04 bits per heavy atom. The number of hydrogen-bond acceptors (Lipinski definition) is 6. The molecule has 8 nitrogen and oxygen atoms in total. The lowest BCUT2D eigenvalue weighted by atomic mass is 10.1. The predicted molar refractivity (Wildman–Crippen MR) is 84.7 cm³/mol. The third-order valence-electron chi connectivity index (χ3n) is 3.87. The second kappa shape index (κ2) is 7.03.